The number of hydrogen-bond acceptors (Lipinski definition) is 4. The summed E-state index contributed by atoms with van der Waals surface area (Å²) in [5.41, 5.74) is 4.14. The van der Waals surface area contributed by atoms with E-state index in [9.17, 15) is 4.79 Å². The summed E-state index contributed by atoms with van der Waals surface area (Å²) in [6.45, 7) is 0.888. The highest BCUT2D eigenvalue weighted by atomic mass is 32.2. The van der Waals surface area contributed by atoms with Crippen LogP contribution in [-0.4, -0.2) is 38.0 Å². The minimum Gasteiger partial charge on any atom is -0.354 e. The van der Waals surface area contributed by atoms with E-state index in [1.54, 1.807) is 18.0 Å². The fourth-order valence-electron chi connectivity index (χ4n) is 3.32. The third kappa shape index (κ3) is 4.51. The first-order chi connectivity index (χ1) is 14.2. The lowest BCUT2D eigenvalue weighted by atomic mass is 10.1. The number of aromatic nitrogens is 4. The Bertz CT molecular complexity index is 1090. The first kappa shape index (κ1) is 19.3. The van der Waals surface area contributed by atoms with Crippen molar-refractivity contribution in [3.63, 3.8) is 0 Å². The van der Waals surface area contributed by atoms with E-state index in [-0.39, 0.29) is 12.5 Å². The lowest BCUT2D eigenvalue weighted by molar-refractivity contribution is -0.121. The van der Waals surface area contributed by atoms with Crippen LogP contribution in [-0.2, 0) is 23.5 Å². The standard InChI is InChI=1S/C22H23N5OS/c1-29-16-21-25-19-5-2-3-6-20(19)26(21)15-22(28)23-13-11-17-7-9-18(10-8-17)27-14-4-12-24-27/h2-10,12,14H,11,13,15-16H2,1H3,(H,23,28). The first-order valence-electron chi connectivity index (χ1n) is 9.53. The Morgan fingerprint density at radius 3 is 2.69 bits per heavy atom. The zero-order chi connectivity index (χ0) is 20.1. The SMILES string of the molecule is CSCc1nc2ccccc2n1CC(=O)NCCc1ccc(-n2cccn2)cc1. The lowest BCUT2D eigenvalue weighted by Gasteiger charge is -2.10. The van der Waals surface area contributed by atoms with Crippen molar-refractivity contribution in [3.05, 3.63) is 78.4 Å². The van der Waals surface area contributed by atoms with E-state index in [2.05, 4.69) is 27.5 Å². The molecular weight excluding hydrogens is 382 g/mol. The number of carbonyl (C=O) groups is 1. The van der Waals surface area contributed by atoms with Crippen LogP contribution in [0, 0.1) is 0 Å². The zero-order valence-corrected chi connectivity index (χ0v) is 17.1. The van der Waals surface area contributed by atoms with Gasteiger partial charge in [0.25, 0.3) is 0 Å². The third-order valence-corrected chi connectivity index (χ3v) is 5.30. The minimum atomic E-state index is 0.00340. The molecule has 2 aromatic carbocycles. The first-order valence-corrected chi connectivity index (χ1v) is 10.9. The highest BCUT2D eigenvalue weighted by Crippen LogP contribution is 2.18. The molecule has 0 spiro atoms. The molecule has 0 aliphatic carbocycles. The smallest absolute Gasteiger partial charge is 0.240 e. The van der Waals surface area contributed by atoms with Gasteiger partial charge in [-0.25, -0.2) is 9.67 Å². The highest BCUT2D eigenvalue weighted by Gasteiger charge is 2.13. The van der Waals surface area contributed by atoms with E-state index in [0.29, 0.717) is 6.54 Å². The van der Waals surface area contributed by atoms with Crippen LogP contribution in [0.2, 0.25) is 0 Å². The molecule has 0 radical (unpaired) electrons. The molecule has 148 valence electrons. The van der Waals surface area contributed by atoms with Gasteiger partial charge in [0, 0.05) is 18.9 Å². The van der Waals surface area contributed by atoms with E-state index in [0.717, 1.165) is 34.7 Å². The molecule has 0 aliphatic heterocycles. The van der Waals surface area contributed by atoms with Crippen molar-refractivity contribution in [1.29, 1.82) is 0 Å². The summed E-state index contributed by atoms with van der Waals surface area (Å²) in [7, 11) is 0. The quantitative estimate of drug-likeness (QED) is 0.488. The summed E-state index contributed by atoms with van der Waals surface area (Å²) in [6, 6.07) is 18.1. The van der Waals surface area contributed by atoms with E-state index in [1.807, 2.05) is 64.2 Å². The normalized spacial score (nSPS) is 11.1. The largest absolute Gasteiger partial charge is 0.354 e. The van der Waals surface area contributed by atoms with E-state index in [1.165, 1.54) is 5.56 Å². The summed E-state index contributed by atoms with van der Waals surface area (Å²) in [5.74, 6) is 1.72. The molecular formula is C22H23N5OS. The van der Waals surface area contributed by atoms with Crippen LogP contribution in [0.3, 0.4) is 0 Å². The molecule has 0 saturated heterocycles. The molecule has 29 heavy (non-hydrogen) atoms. The van der Waals surface area contributed by atoms with Crippen LogP contribution in [0.4, 0.5) is 0 Å². The van der Waals surface area contributed by atoms with Gasteiger partial charge < -0.3 is 9.88 Å². The third-order valence-electron chi connectivity index (χ3n) is 4.75. The van der Waals surface area contributed by atoms with Gasteiger partial charge in [0.2, 0.25) is 5.91 Å². The van der Waals surface area contributed by atoms with Gasteiger partial charge >= 0.3 is 0 Å². The second-order valence-electron chi connectivity index (χ2n) is 6.75. The number of thioether (sulfide) groups is 1. The second-order valence-corrected chi connectivity index (χ2v) is 7.62. The molecule has 0 saturated carbocycles. The topological polar surface area (TPSA) is 64.7 Å². The Morgan fingerprint density at radius 2 is 1.93 bits per heavy atom. The molecule has 2 aromatic heterocycles. The Morgan fingerprint density at radius 1 is 1.10 bits per heavy atom. The van der Waals surface area contributed by atoms with Crippen molar-refractivity contribution < 1.29 is 4.79 Å². The van der Waals surface area contributed by atoms with Crippen molar-refractivity contribution in [2.45, 2.75) is 18.7 Å². The van der Waals surface area contributed by atoms with Gasteiger partial charge in [-0.3, -0.25) is 4.79 Å². The number of nitrogens with zero attached hydrogens (tertiary/aromatic N) is 4. The maximum absolute atomic E-state index is 12.5. The molecule has 0 bridgehead atoms. The van der Waals surface area contributed by atoms with Gasteiger partial charge in [-0.15, -0.1) is 0 Å². The molecule has 4 aromatic rings. The summed E-state index contributed by atoms with van der Waals surface area (Å²) >= 11 is 1.71. The van der Waals surface area contributed by atoms with Crippen LogP contribution in [0.5, 0.6) is 0 Å². The summed E-state index contributed by atoms with van der Waals surface area (Å²) in [4.78, 5) is 17.2. The average Bonchev–Trinajstić information content (AvgIpc) is 3.38. The predicted molar refractivity (Wildman–Crippen MR) is 117 cm³/mol. The van der Waals surface area contributed by atoms with Gasteiger partial charge in [0.05, 0.1) is 22.5 Å². The fraction of sp³-hybridized carbons (Fsp3) is 0.227. The van der Waals surface area contributed by atoms with Gasteiger partial charge in [0.15, 0.2) is 0 Å². The average molecular weight is 406 g/mol. The number of imidazole rings is 1. The number of hydrogen-bond donors (Lipinski definition) is 1. The molecule has 6 nitrogen and oxygen atoms in total. The molecule has 0 atom stereocenters. The number of para-hydroxylation sites is 2. The van der Waals surface area contributed by atoms with Gasteiger partial charge in [-0.1, -0.05) is 24.3 Å². The summed E-state index contributed by atoms with van der Waals surface area (Å²) in [6.07, 6.45) is 6.51. The number of rotatable bonds is 8. The minimum absolute atomic E-state index is 0.00340. The Kier molecular flexibility index (Phi) is 5.95. The van der Waals surface area contributed by atoms with E-state index in [4.69, 9.17) is 0 Å². The molecule has 1 amide bonds. The molecule has 7 heteroatoms. The number of nitrogens with one attached hydrogen (secondary N) is 1. The lowest BCUT2D eigenvalue weighted by Crippen LogP contribution is -2.29. The summed E-state index contributed by atoms with van der Waals surface area (Å²) in [5, 5.41) is 7.26. The maximum atomic E-state index is 12.5. The summed E-state index contributed by atoms with van der Waals surface area (Å²) < 4.78 is 3.84. The van der Waals surface area contributed by atoms with Crippen molar-refractivity contribution >= 4 is 28.7 Å². The Balaban J connectivity index is 1.35. The van der Waals surface area contributed by atoms with Crippen molar-refractivity contribution in [2.75, 3.05) is 12.8 Å². The Hall–Kier alpha value is -3.06. The molecule has 0 unspecified atom stereocenters. The molecule has 4 rings (SSSR count). The van der Waals surface area contributed by atoms with Crippen LogP contribution in [0.25, 0.3) is 16.7 Å². The van der Waals surface area contributed by atoms with Crippen LogP contribution in [0.1, 0.15) is 11.4 Å². The van der Waals surface area contributed by atoms with E-state index < -0.39 is 0 Å². The fourth-order valence-corrected chi connectivity index (χ4v) is 3.80. The highest BCUT2D eigenvalue weighted by molar-refractivity contribution is 7.97. The van der Waals surface area contributed by atoms with Crippen molar-refractivity contribution in [3.8, 4) is 5.69 Å². The predicted octanol–water partition coefficient (Wildman–Crippen LogP) is 3.44. The zero-order valence-electron chi connectivity index (χ0n) is 16.3. The number of fused-ring (bicyclic) bond motifs is 1. The monoisotopic (exact) mass is 405 g/mol. The van der Waals surface area contributed by atoms with Gasteiger partial charge in [-0.2, -0.15) is 16.9 Å². The van der Waals surface area contributed by atoms with Crippen LogP contribution < -0.4 is 5.32 Å². The van der Waals surface area contributed by atoms with Crippen molar-refractivity contribution in [2.24, 2.45) is 0 Å². The number of carbonyl (C=O) groups excluding carboxylic acids is 1. The van der Waals surface area contributed by atoms with Crippen molar-refractivity contribution in [1.82, 2.24) is 24.6 Å². The molecule has 0 aliphatic rings. The number of amides is 1. The molecule has 1 N–H and O–H groups in total. The van der Waals surface area contributed by atoms with E-state index >= 15 is 0 Å². The molecule has 2 heterocycles. The van der Waals surface area contributed by atoms with Gasteiger partial charge in [-0.05, 0) is 48.6 Å². The van der Waals surface area contributed by atoms with Gasteiger partial charge in [0.1, 0.15) is 12.4 Å². The number of benzene rings is 2. The Labute approximate surface area is 173 Å². The van der Waals surface area contributed by atoms with Crippen LogP contribution in [0.15, 0.2) is 67.0 Å². The second kappa shape index (κ2) is 8.96. The maximum Gasteiger partial charge on any atom is 0.240 e. The van der Waals surface area contributed by atoms with Crippen LogP contribution >= 0.6 is 11.8 Å². The molecule has 0 fully saturated rings.